The van der Waals surface area contributed by atoms with Crippen molar-refractivity contribution in [3.8, 4) is 0 Å². The molecule has 1 aliphatic rings. The highest BCUT2D eigenvalue weighted by molar-refractivity contribution is 6.10. The van der Waals surface area contributed by atoms with Crippen LogP contribution in [0.5, 0.6) is 0 Å². The molecule has 0 fully saturated rings. The highest BCUT2D eigenvalue weighted by Crippen LogP contribution is 2.14. The summed E-state index contributed by atoms with van der Waals surface area (Å²) in [5.41, 5.74) is 0.358. The molecule has 0 saturated heterocycles. The van der Waals surface area contributed by atoms with Crippen LogP contribution in [-0.4, -0.2) is 17.9 Å². The summed E-state index contributed by atoms with van der Waals surface area (Å²) in [5, 5.41) is 0. The Hall–Kier alpha value is -1.58. The second-order valence-corrected chi connectivity index (χ2v) is 3.14. The lowest BCUT2D eigenvalue weighted by Crippen LogP contribution is -2.32. The van der Waals surface area contributed by atoms with Crippen molar-refractivity contribution < 1.29 is 19.1 Å². The molecule has 1 aliphatic heterocycles. The maximum Gasteiger partial charge on any atom is 0.300 e. The third-order valence-electron chi connectivity index (χ3n) is 1.93. The van der Waals surface area contributed by atoms with E-state index < -0.39 is 12.2 Å². The number of Topliss-reactive ketones (excluding diaryl/α,β-unsaturated/α-hetero) is 2. The van der Waals surface area contributed by atoms with Gasteiger partial charge in [-0.1, -0.05) is 6.58 Å². The summed E-state index contributed by atoms with van der Waals surface area (Å²) in [7, 11) is 0. The topological polar surface area (TPSA) is 52.6 Å². The van der Waals surface area contributed by atoms with E-state index in [1.54, 1.807) is 6.92 Å². The molecule has 14 heavy (non-hydrogen) atoms. The highest BCUT2D eigenvalue weighted by atomic mass is 16.7. The maximum absolute atomic E-state index is 11.5. The van der Waals surface area contributed by atoms with Crippen LogP contribution in [0.4, 0.5) is 0 Å². The predicted molar refractivity (Wildman–Crippen MR) is 49.1 cm³/mol. The summed E-state index contributed by atoms with van der Waals surface area (Å²) in [4.78, 5) is 22.9. The largest absolute Gasteiger partial charge is 0.452 e. The van der Waals surface area contributed by atoms with E-state index in [1.807, 2.05) is 0 Å². The van der Waals surface area contributed by atoms with Crippen molar-refractivity contribution in [3.05, 3.63) is 24.7 Å². The number of allylic oxidation sites excluding steroid dienone is 1. The Morgan fingerprint density at radius 2 is 1.86 bits per heavy atom. The standard InChI is InChI=1S/C10H12O4/c1-6(2)8(11)7(3)9(12)10-13-4-5-14-10/h4-5,7,10H,1H2,2-3H3. The molecule has 0 amide bonds. The predicted octanol–water partition coefficient (Wildman–Crippen LogP) is 1.18. The van der Waals surface area contributed by atoms with Gasteiger partial charge in [-0.3, -0.25) is 9.59 Å². The van der Waals surface area contributed by atoms with Crippen LogP contribution in [0.15, 0.2) is 24.7 Å². The van der Waals surface area contributed by atoms with E-state index in [0.29, 0.717) is 5.57 Å². The van der Waals surface area contributed by atoms with Crippen LogP contribution in [-0.2, 0) is 19.1 Å². The first-order valence-corrected chi connectivity index (χ1v) is 4.23. The molecule has 1 rings (SSSR count). The van der Waals surface area contributed by atoms with Gasteiger partial charge in [-0.2, -0.15) is 0 Å². The van der Waals surface area contributed by atoms with Crippen LogP contribution in [0.2, 0.25) is 0 Å². The van der Waals surface area contributed by atoms with Crippen molar-refractivity contribution >= 4 is 11.6 Å². The van der Waals surface area contributed by atoms with Crippen LogP contribution in [0.3, 0.4) is 0 Å². The first-order chi connectivity index (χ1) is 6.54. The van der Waals surface area contributed by atoms with Crippen LogP contribution in [0, 0.1) is 5.92 Å². The Balaban J connectivity index is 2.60. The van der Waals surface area contributed by atoms with Crippen LogP contribution in [0.1, 0.15) is 13.8 Å². The lowest BCUT2D eigenvalue weighted by atomic mass is 9.97. The van der Waals surface area contributed by atoms with Gasteiger partial charge in [-0.15, -0.1) is 0 Å². The van der Waals surface area contributed by atoms with Gasteiger partial charge in [0.1, 0.15) is 12.5 Å². The second kappa shape index (κ2) is 4.09. The summed E-state index contributed by atoms with van der Waals surface area (Å²) in [5.74, 6) is -1.44. The number of hydrogen-bond donors (Lipinski definition) is 0. The summed E-state index contributed by atoms with van der Waals surface area (Å²) in [6, 6.07) is 0. The summed E-state index contributed by atoms with van der Waals surface area (Å²) in [6.45, 7) is 6.57. The third-order valence-corrected chi connectivity index (χ3v) is 1.93. The minimum Gasteiger partial charge on any atom is -0.452 e. The fourth-order valence-corrected chi connectivity index (χ4v) is 1.08. The lowest BCUT2D eigenvalue weighted by molar-refractivity contribution is -0.148. The van der Waals surface area contributed by atoms with Crippen molar-refractivity contribution in [2.45, 2.75) is 20.1 Å². The zero-order valence-corrected chi connectivity index (χ0v) is 8.15. The van der Waals surface area contributed by atoms with Crippen LogP contribution < -0.4 is 0 Å². The molecule has 0 radical (unpaired) electrons. The van der Waals surface area contributed by atoms with Crippen molar-refractivity contribution in [1.29, 1.82) is 0 Å². The molecule has 1 heterocycles. The van der Waals surface area contributed by atoms with Gasteiger partial charge in [0, 0.05) is 0 Å². The summed E-state index contributed by atoms with van der Waals surface area (Å²) < 4.78 is 9.66. The van der Waals surface area contributed by atoms with Crippen molar-refractivity contribution in [2.24, 2.45) is 5.92 Å². The summed E-state index contributed by atoms with van der Waals surface area (Å²) >= 11 is 0. The zero-order chi connectivity index (χ0) is 10.7. The van der Waals surface area contributed by atoms with Gasteiger partial charge in [-0.05, 0) is 19.4 Å². The van der Waals surface area contributed by atoms with Crippen LogP contribution in [0.25, 0.3) is 0 Å². The smallest absolute Gasteiger partial charge is 0.300 e. The molecule has 76 valence electrons. The number of carbonyl (C=O) groups is 2. The SMILES string of the molecule is C=C(C)C(=O)C(C)C(=O)C1OC=CO1. The van der Waals surface area contributed by atoms with Crippen molar-refractivity contribution in [1.82, 2.24) is 0 Å². The van der Waals surface area contributed by atoms with E-state index in [2.05, 4.69) is 6.58 Å². The quantitative estimate of drug-likeness (QED) is 0.500. The van der Waals surface area contributed by atoms with E-state index in [4.69, 9.17) is 9.47 Å². The van der Waals surface area contributed by atoms with Gasteiger partial charge in [0.25, 0.3) is 6.29 Å². The van der Waals surface area contributed by atoms with Gasteiger partial charge in [0.05, 0.1) is 5.92 Å². The Bertz CT molecular complexity index is 295. The molecular weight excluding hydrogens is 184 g/mol. The normalized spacial score (nSPS) is 17.0. The Morgan fingerprint density at radius 1 is 1.36 bits per heavy atom. The summed E-state index contributed by atoms with van der Waals surface area (Å²) in [6.07, 6.45) is 1.58. The number of hydrogen-bond acceptors (Lipinski definition) is 4. The van der Waals surface area contributed by atoms with Crippen molar-refractivity contribution in [2.75, 3.05) is 0 Å². The molecule has 4 nitrogen and oxygen atoms in total. The molecule has 0 aliphatic carbocycles. The fraction of sp³-hybridized carbons (Fsp3) is 0.400. The zero-order valence-electron chi connectivity index (χ0n) is 8.15. The van der Waals surface area contributed by atoms with E-state index in [9.17, 15) is 9.59 Å². The monoisotopic (exact) mass is 196 g/mol. The molecule has 0 bridgehead atoms. The Labute approximate surface area is 82.2 Å². The van der Waals surface area contributed by atoms with Gasteiger partial charge in [-0.25, -0.2) is 0 Å². The molecule has 0 aromatic carbocycles. The average Bonchev–Trinajstić information content (AvgIpc) is 2.67. The van der Waals surface area contributed by atoms with E-state index in [0.717, 1.165) is 0 Å². The number of rotatable bonds is 4. The molecule has 0 spiro atoms. The maximum atomic E-state index is 11.5. The Morgan fingerprint density at radius 3 is 2.29 bits per heavy atom. The van der Waals surface area contributed by atoms with Crippen LogP contribution >= 0.6 is 0 Å². The molecular formula is C10H12O4. The van der Waals surface area contributed by atoms with Crippen molar-refractivity contribution in [3.63, 3.8) is 0 Å². The molecule has 0 N–H and O–H groups in total. The van der Waals surface area contributed by atoms with Gasteiger partial charge in [0.2, 0.25) is 5.78 Å². The second-order valence-electron chi connectivity index (χ2n) is 3.14. The minimum atomic E-state index is -0.978. The van der Waals surface area contributed by atoms with E-state index in [-0.39, 0.29) is 11.6 Å². The molecule has 0 aromatic rings. The number of carbonyl (C=O) groups excluding carboxylic acids is 2. The average molecular weight is 196 g/mol. The van der Waals surface area contributed by atoms with Gasteiger partial charge < -0.3 is 9.47 Å². The fourth-order valence-electron chi connectivity index (χ4n) is 1.08. The van der Waals surface area contributed by atoms with E-state index >= 15 is 0 Å². The lowest BCUT2D eigenvalue weighted by Gasteiger charge is -2.13. The highest BCUT2D eigenvalue weighted by Gasteiger charge is 2.32. The molecule has 1 unspecified atom stereocenters. The molecule has 4 heteroatoms. The first kappa shape index (κ1) is 10.5. The van der Waals surface area contributed by atoms with Gasteiger partial charge in [0.15, 0.2) is 5.78 Å². The Kier molecular flexibility index (Phi) is 3.06. The van der Waals surface area contributed by atoms with E-state index in [1.165, 1.54) is 19.4 Å². The minimum absolute atomic E-state index is 0.283. The molecule has 0 saturated carbocycles. The van der Waals surface area contributed by atoms with Gasteiger partial charge >= 0.3 is 0 Å². The first-order valence-electron chi connectivity index (χ1n) is 4.23. The number of ketones is 2. The molecule has 0 aromatic heterocycles. The number of ether oxygens (including phenoxy) is 2. The molecule has 1 atom stereocenters. The third kappa shape index (κ3) is 2.02.